The van der Waals surface area contributed by atoms with E-state index in [0.29, 0.717) is 0 Å². The molecule has 1 rings (SSSR count). The standard InChI is InChI=1S/C16H21NO7S/c1-16(2,3)24-15(20)17-12(14(19)23-4)13(18)10-6-8-11(9-7-10)25(5,21)22/h6-9,12H,1-5H3,(H,17,20). The molecule has 9 heteroatoms. The summed E-state index contributed by atoms with van der Waals surface area (Å²) in [6.45, 7) is 4.89. The van der Waals surface area contributed by atoms with Crippen molar-refractivity contribution in [3.63, 3.8) is 0 Å². The Balaban J connectivity index is 3.05. The van der Waals surface area contributed by atoms with Gasteiger partial charge < -0.3 is 14.8 Å². The van der Waals surface area contributed by atoms with E-state index in [1.54, 1.807) is 20.8 Å². The molecule has 1 aromatic carbocycles. The first-order valence-corrected chi connectivity index (χ1v) is 9.16. The van der Waals surface area contributed by atoms with Crippen molar-refractivity contribution in [2.75, 3.05) is 13.4 Å². The van der Waals surface area contributed by atoms with Gasteiger partial charge in [0, 0.05) is 11.8 Å². The first-order valence-electron chi connectivity index (χ1n) is 7.27. The molecule has 0 radical (unpaired) electrons. The van der Waals surface area contributed by atoms with Crippen LogP contribution in [0.2, 0.25) is 0 Å². The van der Waals surface area contributed by atoms with Gasteiger partial charge in [-0.1, -0.05) is 12.1 Å². The molecule has 1 atom stereocenters. The molecule has 138 valence electrons. The van der Waals surface area contributed by atoms with Gasteiger partial charge in [-0.15, -0.1) is 0 Å². The average Bonchev–Trinajstić information content (AvgIpc) is 2.48. The number of hydrogen-bond donors (Lipinski definition) is 1. The Morgan fingerprint density at radius 2 is 1.60 bits per heavy atom. The molecular formula is C16H21NO7S. The molecule has 0 aliphatic carbocycles. The number of methoxy groups -OCH3 is 1. The number of carbonyl (C=O) groups excluding carboxylic acids is 3. The summed E-state index contributed by atoms with van der Waals surface area (Å²) in [6, 6.07) is 3.38. The highest BCUT2D eigenvalue weighted by atomic mass is 32.2. The summed E-state index contributed by atoms with van der Waals surface area (Å²) in [4.78, 5) is 36.2. The van der Waals surface area contributed by atoms with E-state index in [1.807, 2.05) is 0 Å². The Morgan fingerprint density at radius 3 is 2.00 bits per heavy atom. The molecule has 0 bridgehead atoms. The third-order valence-corrected chi connectivity index (χ3v) is 4.06. The van der Waals surface area contributed by atoms with E-state index in [9.17, 15) is 22.8 Å². The van der Waals surface area contributed by atoms with Gasteiger partial charge in [-0.3, -0.25) is 4.79 Å². The van der Waals surface area contributed by atoms with Gasteiger partial charge in [0.1, 0.15) is 5.60 Å². The molecule has 0 saturated carbocycles. The van der Waals surface area contributed by atoms with Crippen molar-refractivity contribution < 1.29 is 32.3 Å². The predicted octanol–water partition coefficient (Wildman–Crippen LogP) is 1.34. The van der Waals surface area contributed by atoms with E-state index in [2.05, 4.69) is 10.1 Å². The maximum Gasteiger partial charge on any atom is 0.408 e. The molecule has 0 aliphatic heterocycles. The number of ether oxygens (including phenoxy) is 2. The fourth-order valence-corrected chi connectivity index (χ4v) is 2.44. The predicted molar refractivity (Wildman–Crippen MR) is 89.1 cm³/mol. The van der Waals surface area contributed by atoms with Crippen LogP contribution in [0.25, 0.3) is 0 Å². The lowest BCUT2D eigenvalue weighted by molar-refractivity contribution is -0.141. The van der Waals surface area contributed by atoms with Crippen molar-refractivity contribution in [2.24, 2.45) is 0 Å². The van der Waals surface area contributed by atoms with E-state index in [-0.39, 0.29) is 10.5 Å². The average molecular weight is 371 g/mol. The van der Waals surface area contributed by atoms with Gasteiger partial charge in [-0.25, -0.2) is 18.0 Å². The van der Waals surface area contributed by atoms with Gasteiger partial charge in [0.25, 0.3) is 0 Å². The molecule has 1 aromatic rings. The van der Waals surface area contributed by atoms with Crippen LogP contribution in [-0.4, -0.2) is 51.3 Å². The van der Waals surface area contributed by atoms with Crippen molar-refractivity contribution in [2.45, 2.75) is 37.3 Å². The maximum absolute atomic E-state index is 12.5. The third kappa shape index (κ3) is 6.18. The number of carbonyl (C=O) groups is 3. The Kier molecular flexibility index (Phi) is 6.31. The topological polar surface area (TPSA) is 116 Å². The lowest BCUT2D eigenvalue weighted by atomic mass is 10.0. The third-order valence-electron chi connectivity index (χ3n) is 2.93. The van der Waals surface area contributed by atoms with Gasteiger partial charge >= 0.3 is 12.1 Å². The van der Waals surface area contributed by atoms with Crippen molar-refractivity contribution in [1.82, 2.24) is 5.32 Å². The molecular weight excluding hydrogens is 350 g/mol. The molecule has 1 amide bonds. The Labute approximate surface area is 146 Å². The summed E-state index contributed by atoms with van der Waals surface area (Å²) in [7, 11) is -2.34. The van der Waals surface area contributed by atoms with Crippen molar-refractivity contribution in [3.8, 4) is 0 Å². The van der Waals surface area contributed by atoms with Crippen LogP contribution < -0.4 is 5.32 Å². The molecule has 0 spiro atoms. The van der Waals surface area contributed by atoms with Crippen LogP contribution in [0.4, 0.5) is 4.79 Å². The first-order chi connectivity index (χ1) is 11.3. The summed E-state index contributed by atoms with van der Waals surface area (Å²) >= 11 is 0. The van der Waals surface area contributed by atoms with Gasteiger partial charge in [0.2, 0.25) is 0 Å². The molecule has 0 fully saturated rings. The summed E-state index contributed by atoms with van der Waals surface area (Å²) < 4.78 is 32.5. The highest BCUT2D eigenvalue weighted by molar-refractivity contribution is 7.90. The second-order valence-electron chi connectivity index (χ2n) is 6.26. The minimum atomic E-state index is -3.42. The van der Waals surface area contributed by atoms with Crippen LogP contribution in [0.15, 0.2) is 29.2 Å². The van der Waals surface area contributed by atoms with E-state index in [1.165, 1.54) is 24.3 Å². The van der Waals surface area contributed by atoms with Crippen molar-refractivity contribution in [3.05, 3.63) is 29.8 Å². The van der Waals surface area contributed by atoms with E-state index < -0.39 is 39.3 Å². The highest BCUT2D eigenvalue weighted by Crippen LogP contribution is 2.13. The number of hydrogen-bond acceptors (Lipinski definition) is 7. The summed E-state index contributed by atoms with van der Waals surface area (Å²) in [5, 5.41) is 2.16. The Hall–Kier alpha value is -2.42. The normalized spacial score (nSPS) is 12.8. The molecule has 8 nitrogen and oxygen atoms in total. The Morgan fingerprint density at radius 1 is 1.08 bits per heavy atom. The fraction of sp³-hybridized carbons (Fsp3) is 0.438. The molecule has 0 heterocycles. The smallest absolute Gasteiger partial charge is 0.408 e. The molecule has 0 aliphatic rings. The lowest BCUT2D eigenvalue weighted by Crippen LogP contribution is -2.48. The van der Waals surface area contributed by atoms with Gasteiger partial charge in [-0.2, -0.15) is 0 Å². The zero-order valence-electron chi connectivity index (χ0n) is 14.7. The molecule has 1 N–H and O–H groups in total. The highest BCUT2D eigenvalue weighted by Gasteiger charge is 2.32. The molecule has 0 aromatic heterocycles. The van der Waals surface area contributed by atoms with Gasteiger partial charge in [-0.05, 0) is 32.9 Å². The molecule has 0 saturated heterocycles. The number of ketones is 1. The zero-order chi connectivity index (χ0) is 19.4. The number of Topliss-reactive ketones (excluding diaryl/α,β-unsaturated/α-hetero) is 1. The van der Waals surface area contributed by atoms with Crippen LogP contribution in [-0.2, 0) is 24.1 Å². The molecule has 1 unspecified atom stereocenters. The minimum absolute atomic E-state index is 0.0266. The van der Waals surface area contributed by atoms with Gasteiger partial charge in [0.15, 0.2) is 21.7 Å². The minimum Gasteiger partial charge on any atom is -0.467 e. The molecule has 25 heavy (non-hydrogen) atoms. The van der Waals surface area contributed by atoms with E-state index in [4.69, 9.17) is 4.74 Å². The van der Waals surface area contributed by atoms with Crippen molar-refractivity contribution in [1.29, 1.82) is 0 Å². The summed E-state index contributed by atoms with van der Waals surface area (Å²) in [5.41, 5.74) is -0.774. The Bertz CT molecular complexity index is 761. The number of rotatable bonds is 5. The van der Waals surface area contributed by atoms with Crippen molar-refractivity contribution >= 4 is 27.7 Å². The van der Waals surface area contributed by atoms with Crippen LogP contribution in [0, 0.1) is 0 Å². The number of esters is 1. The number of benzene rings is 1. The second kappa shape index (κ2) is 7.64. The van der Waals surface area contributed by atoms with Gasteiger partial charge in [0.05, 0.1) is 12.0 Å². The number of sulfone groups is 1. The monoisotopic (exact) mass is 371 g/mol. The van der Waals surface area contributed by atoms with Crippen LogP contribution in [0.5, 0.6) is 0 Å². The number of alkyl carbamates (subject to hydrolysis) is 1. The van der Waals surface area contributed by atoms with E-state index >= 15 is 0 Å². The quantitative estimate of drug-likeness (QED) is 0.472. The van der Waals surface area contributed by atoms with Crippen LogP contribution in [0.3, 0.4) is 0 Å². The summed E-state index contributed by atoms with van der Waals surface area (Å²) in [5.74, 6) is -1.72. The second-order valence-corrected chi connectivity index (χ2v) is 8.28. The number of amides is 1. The van der Waals surface area contributed by atoms with Crippen LogP contribution >= 0.6 is 0 Å². The first kappa shape index (κ1) is 20.6. The SMILES string of the molecule is COC(=O)C(NC(=O)OC(C)(C)C)C(=O)c1ccc(S(C)(=O)=O)cc1. The number of nitrogens with one attached hydrogen (secondary N) is 1. The summed E-state index contributed by atoms with van der Waals surface area (Å²) in [6.07, 6.45) is 0.0783. The van der Waals surface area contributed by atoms with Crippen LogP contribution in [0.1, 0.15) is 31.1 Å². The zero-order valence-corrected chi connectivity index (χ0v) is 15.5. The van der Waals surface area contributed by atoms with E-state index in [0.717, 1.165) is 13.4 Å². The lowest BCUT2D eigenvalue weighted by Gasteiger charge is -2.22. The fourth-order valence-electron chi connectivity index (χ4n) is 1.81. The largest absolute Gasteiger partial charge is 0.467 e. The maximum atomic E-state index is 12.5.